The summed E-state index contributed by atoms with van der Waals surface area (Å²) >= 11 is 3.03. The summed E-state index contributed by atoms with van der Waals surface area (Å²) < 4.78 is 14.8. The molecule has 0 unspecified atom stereocenters. The van der Waals surface area contributed by atoms with Gasteiger partial charge in [0.15, 0.2) is 0 Å². The maximum atomic E-state index is 11.5. The van der Waals surface area contributed by atoms with Gasteiger partial charge in [-0.1, -0.05) is 0 Å². The summed E-state index contributed by atoms with van der Waals surface area (Å²) in [6.45, 7) is 2.38. The monoisotopic (exact) mass is 306 g/mol. The number of rotatable bonds is 3. The topological polar surface area (TPSA) is 78.9 Å². The second-order valence-electron chi connectivity index (χ2n) is 3.30. The highest BCUT2D eigenvalue weighted by atomic mass is 79.9. The van der Waals surface area contributed by atoms with E-state index in [0.717, 1.165) is 0 Å². The molecule has 1 rings (SSSR count). The molecule has 0 radical (unpaired) electrons. The highest BCUT2D eigenvalue weighted by Crippen LogP contribution is 2.21. The van der Waals surface area contributed by atoms with E-state index in [4.69, 9.17) is 9.47 Å². The molecule has 0 aromatic heterocycles. The smallest absolute Gasteiger partial charge is 0.305 e. The Bertz CT molecular complexity index is 375. The van der Waals surface area contributed by atoms with E-state index in [0.29, 0.717) is 0 Å². The van der Waals surface area contributed by atoms with Gasteiger partial charge in [0.1, 0.15) is 12.7 Å². The fourth-order valence-corrected chi connectivity index (χ4v) is 1.62. The standard InChI is InChI=1S/C10H11BrO6/c1-5(12)15-4-7-3-8(11)9(14)10(17-7)16-6(2)13/h3,7,10H,4H2,1-2H3/t7-,10-/m0/s1. The first-order valence-corrected chi connectivity index (χ1v) is 5.57. The molecule has 0 N–H and O–H groups in total. The van der Waals surface area contributed by atoms with Gasteiger partial charge in [0, 0.05) is 13.8 Å². The van der Waals surface area contributed by atoms with Crippen LogP contribution in [-0.2, 0) is 28.6 Å². The minimum absolute atomic E-state index is 0.0462. The molecule has 0 saturated heterocycles. The largest absolute Gasteiger partial charge is 0.463 e. The molecule has 94 valence electrons. The highest BCUT2D eigenvalue weighted by molar-refractivity contribution is 9.12. The van der Waals surface area contributed by atoms with Gasteiger partial charge in [-0.15, -0.1) is 0 Å². The van der Waals surface area contributed by atoms with Crippen molar-refractivity contribution >= 4 is 33.7 Å². The van der Waals surface area contributed by atoms with E-state index in [1.807, 2.05) is 0 Å². The summed E-state index contributed by atoms with van der Waals surface area (Å²) in [7, 11) is 0. The Morgan fingerprint density at radius 1 is 1.41 bits per heavy atom. The van der Waals surface area contributed by atoms with Crippen LogP contribution in [0.3, 0.4) is 0 Å². The molecule has 6 nitrogen and oxygen atoms in total. The van der Waals surface area contributed by atoms with Crippen LogP contribution < -0.4 is 0 Å². The van der Waals surface area contributed by atoms with Crippen molar-refractivity contribution in [2.24, 2.45) is 0 Å². The molecule has 0 aromatic carbocycles. The molecule has 0 fully saturated rings. The number of carbonyl (C=O) groups is 3. The van der Waals surface area contributed by atoms with Crippen molar-refractivity contribution in [3.8, 4) is 0 Å². The molecular weight excluding hydrogens is 296 g/mol. The third-order valence-corrected chi connectivity index (χ3v) is 2.46. The average molecular weight is 307 g/mol. The van der Waals surface area contributed by atoms with Crippen molar-refractivity contribution in [2.45, 2.75) is 26.2 Å². The normalized spacial score (nSPS) is 23.9. The second kappa shape index (κ2) is 5.92. The minimum atomic E-state index is -1.30. The first-order chi connectivity index (χ1) is 7.90. The van der Waals surface area contributed by atoms with Gasteiger partial charge in [-0.25, -0.2) is 0 Å². The lowest BCUT2D eigenvalue weighted by molar-refractivity contribution is -0.193. The van der Waals surface area contributed by atoms with E-state index in [2.05, 4.69) is 20.7 Å². The summed E-state index contributed by atoms with van der Waals surface area (Å²) in [5.41, 5.74) is 0. The molecular formula is C10H11BrO6. The first-order valence-electron chi connectivity index (χ1n) is 4.77. The van der Waals surface area contributed by atoms with Crippen molar-refractivity contribution in [3.63, 3.8) is 0 Å². The molecule has 0 aliphatic carbocycles. The van der Waals surface area contributed by atoms with Gasteiger partial charge in [0.05, 0.1) is 4.48 Å². The zero-order valence-electron chi connectivity index (χ0n) is 9.27. The Morgan fingerprint density at radius 2 is 2.06 bits per heavy atom. The molecule has 17 heavy (non-hydrogen) atoms. The Hall–Kier alpha value is -1.21. The summed E-state index contributed by atoms with van der Waals surface area (Å²) in [5, 5.41) is 0. The van der Waals surface area contributed by atoms with Crippen LogP contribution in [0, 0.1) is 0 Å². The summed E-state index contributed by atoms with van der Waals surface area (Å²) in [6, 6.07) is 0. The average Bonchev–Trinajstić information content (AvgIpc) is 2.21. The Morgan fingerprint density at radius 3 is 2.59 bits per heavy atom. The maximum absolute atomic E-state index is 11.5. The van der Waals surface area contributed by atoms with E-state index >= 15 is 0 Å². The quantitative estimate of drug-likeness (QED) is 0.714. The fraction of sp³-hybridized carbons (Fsp3) is 0.500. The van der Waals surface area contributed by atoms with Gasteiger partial charge in [0.25, 0.3) is 6.29 Å². The Kier molecular flexibility index (Phi) is 4.83. The Labute approximate surface area is 106 Å². The van der Waals surface area contributed by atoms with E-state index in [-0.39, 0.29) is 11.1 Å². The molecule has 1 aliphatic rings. The van der Waals surface area contributed by atoms with Crippen LogP contribution in [-0.4, -0.2) is 36.7 Å². The van der Waals surface area contributed by atoms with Crippen LogP contribution in [0.15, 0.2) is 10.6 Å². The lowest BCUT2D eigenvalue weighted by atomic mass is 10.2. The molecule has 0 aromatic rings. The van der Waals surface area contributed by atoms with Gasteiger partial charge in [0.2, 0.25) is 5.78 Å². The van der Waals surface area contributed by atoms with Crippen molar-refractivity contribution in [3.05, 3.63) is 10.6 Å². The van der Waals surface area contributed by atoms with Crippen molar-refractivity contribution in [2.75, 3.05) is 6.61 Å². The van der Waals surface area contributed by atoms with Crippen LogP contribution >= 0.6 is 15.9 Å². The van der Waals surface area contributed by atoms with E-state index in [9.17, 15) is 14.4 Å². The van der Waals surface area contributed by atoms with Crippen molar-refractivity contribution in [1.82, 2.24) is 0 Å². The Balaban J connectivity index is 2.67. The minimum Gasteiger partial charge on any atom is -0.463 e. The number of Topliss-reactive ketones (excluding diaryl/α,β-unsaturated/α-hetero) is 1. The van der Waals surface area contributed by atoms with Crippen molar-refractivity contribution in [1.29, 1.82) is 0 Å². The molecule has 0 bridgehead atoms. The molecule has 1 aliphatic heterocycles. The predicted molar refractivity (Wildman–Crippen MR) is 59.1 cm³/mol. The summed E-state index contributed by atoms with van der Waals surface area (Å²) in [6.07, 6.45) is -0.478. The van der Waals surface area contributed by atoms with Crippen molar-refractivity contribution < 1.29 is 28.6 Å². The van der Waals surface area contributed by atoms with Gasteiger partial charge < -0.3 is 14.2 Å². The van der Waals surface area contributed by atoms with Gasteiger partial charge in [-0.05, 0) is 22.0 Å². The van der Waals surface area contributed by atoms with E-state index in [1.165, 1.54) is 19.9 Å². The SMILES string of the molecule is CC(=O)OC[C@@H]1C=C(Br)C(=O)[C@@H](OC(C)=O)O1. The van der Waals surface area contributed by atoms with E-state index < -0.39 is 30.1 Å². The predicted octanol–water partition coefficient (Wildman–Crippen LogP) is 0.685. The summed E-state index contributed by atoms with van der Waals surface area (Å²) in [4.78, 5) is 32.9. The fourth-order valence-electron chi connectivity index (χ4n) is 1.14. The second-order valence-corrected chi connectivity index (χ2v) is 4.15. The number of ketones is 1. The number of ether oxygens (including phenoxy) is 3. The van der Waals surface area contributed by atoms with Gasteiger partial charge >= 0.3 is 11.9 Å². The maximum Gasteiger partial charge on any atom is 0.305 e. The summed E-state index contributed by atoms with van der Waals surface area (Å²) in [5.74, 6) is -1.57. The van der Waals surface area contributed by atoms with Gasteiger partial charge in [-0.3, -0.25) is 14.4 Å². The number of carbonyl (C=O) groups excluding carboxylic acids is 3. The number of hydrogen-bond donors (Lipinski definition) is 0. The number of hydrogen-bond acceptors (Lipinski definition) is 6. The third kappa shape index (κ3) is 4.27. The van der Waals surface area contributed by atoms with Crippen LogP contribution in [0.4, 0.5) is 0 Å². The molecule has 1 heterocycles. The van der Waals surface area contributed by atoms with Crippen LogP contribution in [0.5, 0.6) is 0 Å². The molecule has 7 heteroatoms. The number of halogens is 1. The van der Waals surface area contributed by atoms with Crippen LogP contribution in [0.2, 0.25) is 0 Å². The molecule has 0 amide bonds. The molecule has 0 spiro atoms. The van der Waals surface area contributed by atoms with Gasteiger partial charge in [-0.2, -0.15) is 0 Å². The van der Waals surface area contributed by atoms with Crippen LogP contribution in [0.1, 0.15) is 13.8 Å². The number of esters is 2. The zero-order chi connectivity index (χ0) is 13.0. The third-order valence-electron chi connectivity index (χ3n) is 1.80. The highest BCUT2D eigenvalue weighted by Gasteiger charge is 2.32. The lowest BCUT2D eigenvalue weighted by Gasteiger charge is -2.25. The zero-order valence-corrected chi connectivity index (χ0v) is 10.9. The van der Waals surface area contributed by atoms with Crippen LogP contribution in [0.25, 0.3) is 0 Å². The first kappa shape index (κ1) is 13.9. The van der Waals surface area contributed by atoms with E-state index in [1.54, 1.807) is 0 Å². The molecule has 2 atom stereocenters. The molecule has 0 saturated carbocycles. The lowest BCUT2D eigenvalue weighted by Crippen LogP contribution is -2.38.